The number of hydrogen-bond donors (Lipinski definition) is 1. The molecular formula is C15H13ClF2O2. The number of rotatable bonds is 4. The number of benzene rings is 2. The van der Waals surface area contributed by atoms with Crippen LogP contribution in [-0.4, -0.2) is 12.2 Å². The van der Waals surface area contributed by atoms with Gasteiger partial charge >= 0.3 is 0 Å². The molecule has 2 nitrogen and oxygen atoms in total. The third-order valence-electron chi connectivity index (χ3n) is 2.99. The molecular weight excluding hydrogens is 286 g/mol. The summed E-state index contributed by atoms with van der Waals surface area (Å²) in [7, 11) is 1.36. The molecule has 1 atom stereocenters. The molecule has 0 bridgehead atoms. The van der Waals surface area contributed by atoms with Gasteiger partial charge in [-0.2, -0.15) is 0 Å². The van der Waals surface area contributed by atoms with Gasteiger partial charge < -0.3 is 9.84 Å². The zero-order valence-electron chi connectivity index (χ0n) is 10.7. The van der Waals surface area contributed by atoms with E-state index < -0.39 is 17.7 Å². The van der Waals surface area contributed by atoms with Crippen molar-refractivity contribution >= 4 is 11.6 Å². The molecule has 20 heavy (non-hydrogen) atoms. The summed E-state index contributed by atoms with van der Waals surface area (Å²) in [5, 5.41) is 10.4. The van der Waals surface area contributed by atoms with Crippen molar-refractivity contribution in [3.05, 3.63) is 64.2 Å². The zero-order valence-corrected chi connectivity index (χ0v) is 11.5. The van der Waals surface area contributed by atoms with Gasteiger partial charge in [0, 0.05) is 17.0 Å². The summed E-state index contributed by atoms with van der Waals surface area (Å²) in [5.41, 5.74) is 0.288. The van der Waals surface area contributed by atoms with Crippen molar-refractivity contribution in [2.24, 2.45) is 0 Å². The predicted octanol–water partition coefficient (Wildman–Crippen LogP) is 3.90. The number of ether oxygens (including phenoxy) is 1. The molecule has 5 heteroatoms. The minimum Gasteiger partial charge on any atom is -0.494 e. The Morgan fingerprint density at radius 3 is 2.70 bits per heavy atom. The Balaban J connectivity index is 2.28. The first kappa shape index (κ1) is 14.8. The van der Waals surface area contributed by atoms with Gasteiger partial charge in [0.05, 0.1) is 13.2 Å². The first-order valence-corrected chi connectivity index (χ1v) is 6.35. The molecule has 2 aromatic rings. The van der Waals surface area contributed by atoms with Crippen molar-refractivity contribution in [2.75, 3.05) is 7.11 Å². The molecule has 0 heterocycles. The van der Waals surface area contributed by atoms with Crippen molar-refractivity contribution < 1.29 is 18.6 Å². The highest BCUT2D eigenvalue weighted by Gasteiger charge is 2.17. The van der Waals surface area contributed by atoms with Gasteiger partial charge in [-0.1, -0.05) is 23.7 Å². The maximum absolute atomic E-state index is 14.0. The van der Waals surface area contributed by atoms with Crippen molar-refractivity contribution in [1.29, 1.82) is 0 Å². The predicted molar refractivity (Wildman–Crippen MR) is 73.0 cm³/mol. The van der Waals surface area contributed by atoms with Crippen molar-refractivity contribution in [1.82, 2.24) is 0 Å². The molecule has 2 rings (SSSR count). The van der Waals surface area contributed by atoms with E-state index in [0.717, 1.165) is 0 Å². The Morgan fingerprint density at radius 2 is 2.00 bits per heavy atom. The number of aliphatic hydroxyl groups excluding tert-OH is 1. The van der Waals surface area contributed by atoms with E-state index in [1.165, 1.54) is 37.4 Å². The van der Waals surface area contributed by atoms with Crippen molar-refractivity contribution in [3.63, 3.8) is 0 Å². The fraction of sp³-hybridized carbons (Fsp3) is 0.200. The first-order chi connectivity index (χ1) is 9.52. The van der Waals surface area contributed by atoms with Crippen LogP contribution in [0.2, 0.25) is 5.02 Å². The smallest absolute Gasteiger partial charge is 0.168 e. The topological polar surface area (TPSA) is 29.5 Å². The monoisotopic (exact) mass is 298 g/mol. The summed E-state index contributed by atoms with van der Waals surface area (Å²) in [6, 6.07) is 8.49. The number of halogens is 3. The van der Waals surface area contributed by atoms with Gasteiger partial charge in [-0.25, -0.2) is 8.78 Å². The number of aliphatic hydroxyl groups is 1. The van der Waals surface area contributed by atoms with Gasteiger partial charge in [-0.15, -0.1) is 0 Å². The molecule has 0 saturated carbocycles. The lowest BCUT2D eigenvalue weighted by Crippen LogP contribution is -2.06. The summed E-state index contributed by atoms with van der Waals surface area (Å²) >= 11 is 5.77. The van der Waals surface area contributed by atoms with Crippen LogP contribution in [0.4, 0.5) is 8.78 Å². The highest BCUT2D eigenvalue weighted by atomic mass is 35.5. The fourth-order valence-electron chi connectivity index (χ4n) is 1.96. The Morgan fingerprint density at radius 1 is 1.25 bits per heavy atom. The second-order valence-corrected chi connectivity index (χ2v) is 4.76. The first-order valence-electron chi connectivity index (χ1n) is 5.97. The standard InChI is InChI=1S/C15H13ClF2O2/c1-20-14-4-2-3-9(15(14)18)7-13(19)11-8-10(16)5-6-12(11)17/h2-6,8,13,19H,7H2,1H3. The Bertz CT molecular complexity index is 617. The van der Waals surface area contributed by atoms with E-state index in [0.29, 0.717) is 5.02 Å². The number of hydrogen-bond acceptors (Lipinski definition) is 2. The third-order valence-corrected chi connectivity index (χ3v) is 3.23. The molecule has 1 N–H and O–H groups in total. The molecule has 2 aromatic carbocycles. The number of methoxy groups -OCH3 is 1. The summed E-state index contributed by atoms with van der Waals surface area (Å²) in [6.07, 6.45) is -1.25. The van der Waals surface area contributed by atoms with Crippen molar-refractivity contribution in [2.45, 2.75) is 12.5 Å². The largest absolute Gasteiger partial charge is 0.494 e. The van der Waals surface area contributed by atoms with Crippen LogP contribution in [0.25, 0.3) is 0 Å². The second-order valence-electron chi connectivity index (χ2n) is 4.32. The maximum Gasteiger partial charge on any atom is 0.168 e. The van der Waals surface area contributed by atoms with E-state index in [1.54, 1.807) is 6.07 Å². The van der Waals surface area contributed by atoms with E-state index >= 15 is 0 Å². The maximum atomic E-state index is 14.0. The molecule has 1 unspecified atom stereocenters. The van der Waals surface area contributed by atoms with E-state index in [1.807, 2.05) is 0 Å². The van der Waals surface area contributed by atoms with Gasteiger partial charge in [0.2, 0.25) is 0 Å². The Hall–Kier alpha value is -1.65. The molecule has 0 aliphatic rings. The van der Waals surface area contributed by atoms with Gasteiger partial charge in [0.15, 0.2) is 11.6 Å². The molecule has 0 radical (unpaired) electrons. The van der Waals surface area contributed by atoms with E-state index in [4.69, 9.17) is 16.3 Å². The van der Waals surface area contributed by atoms with Gasteiger partial charge in [-0.05, 0) is 29.8 Å². The lowest BCUT2D eigenvalue weighted by atomic mass is 10.0. The average Bonchev–Trinajstić information content (AvgIpc) is 2.43. The highest BCUT2D eigenvalue weighted by molar-refractivity contribution is 6.30. The van der Waals surface area contributed by atoms with Crippen LogP contribution in [0.15, 0.2) is 36.4 Å². The van der Waals surface area contributed by atoms with Crippen LogP contribution in [0, 0.1) is 11.6 Å². The Labute approximate surface area is 120 Å². The quantitative estimate of drug-likeness (QED) is 0.927. The third kappa shape index (κ3) is 3.08. The second kappa shape index (κ2) is 6.20. The summed E-state index contributed by atoms with van der Waals surface area (Å²) in [4.78, 5) is 0. The van der Waals surface area contributed by atoms with Gasteiger partial charge in [-0.3, -0.25) is 0 Å². The van der Waals surface area contributed by atoms with Gasteiger partial charge in [0.25, 0.3) is 0 Å². The van der Waals surface area contributed by atoms with E-state index in [9.17, 15) is 13.9 Å². The van der Waals surface area contributed by atoms with E-state index in [2.05, 4.69) is 0 Å². The van der Waals surface area contributed by atoms with Crippen LogP contribution >= 0.6 is 11.6 Å². The van der Waals surface area contributed by atoms with Crippen LogP contribution < -0.4 is 4.74 Å². The minimum absolute atomic E-state index is 0.0414. The molecule has 0 aliphatic carbocycles. The normalized spacial score (nSPS) is 12.2. The fourth-order valence-corrected chi connectivity index (χ4v) is 2.14. The highest BCUT2D eigenvalue weighted by Crippen LogP contribution is 2.27. The van der Waals surface area contributed by atoms with Crippen LogP contribution in [0.3, 0.4) is 0 Å². The zero-order chi connectivity index (χ0) is 14.7. The molecule has 0 amide bonds. The SMILES string of the molecule is COc1cccc(CC(O)c2cc(Cl)ccc2F)c1F. The lowest BCUT2D eigenvalue weighted by Gasteiger charge is -2.14. The molecule has 0 saturated heterocycles. The molecule has 0 fully saturated rings. The molecule has 106 valence electrons. The summed E-state index contributed by atoms with van der Waals surface area (Å²) in [5.74, 6) is -1.05. The van der Waals surface area contributed by atoms with E-state index in [-0.39, 0.29) is 23.3 Å². The Kier molecular flexibility index (Phi) is 4.57. The minimum atomic E-state index is -1.18. The lowest BCUT2D eigenvalue weighted by molar-refractivity contribution is 0.172. The molecule has 0 spiro atoms. The van der Waals surface area contributed by atoms with Crippen LogP contribution in [-0.2, 0) is 6.42 Å². The average molecular weight is 299 g/mol. The summed E-state index contributed by atoms with van der Waals surface area (Å²) < 4.78 is 32.5. The molecule has 0 aromatic heterocycles. The summed E-state index contributed by atoms with van der Waals surface area (Å²) in [6.45, 7) is 0. The molecule has 0 aliphatic heterocycles. The van der Waals surface area contributed by atoms with Crippen LogP contribution in [0.1, 0.15) is 17.2 Å². The van der Waals surface area contributed by atoms with Crippen LogP contribution in [0.5, 0.6) is 5.75 Å². The van der Waals surface area contributed by atoms with Crippen molar-refractivity contribution in [3.8, 4) is 5.75 Å². The van der Waals surface area contributed by atoms with Gasteiger partial charge in [0.1, 0.15) is 5.82 Å².